The smallest absolute Gasteiger partial charge is 0.303 e. The molecule has 3 heterocycles. The van der Waals surface area contributed by atoms with Crippen LogP contribution in [0.1, 0.15) is 30.1 Å². The fourth-order valence-corrected chi connectivity index (χ4v) is 3.66. The summed E-state index contributed by atoms with van der Waals surface area (Å²) in [5.74, 6) is -1.49. The molecule has 1 fully saturated rings. The fraction of sp³-hybridized carbons (Fsp3) is 0.467. The highest BCUT2D eigenvalue weighted by atomic mass is 32.2. The number of fused-ring (bicyclic) bond motifs is 1. The van der Waals surface area contributed by atoms with E-state index in [9.17, 15) is 17.6 Å². The quantitative estimate of drug-likeness (QED) is 0.850. The molecule has 1 saturated heterocycles. The molecule has 25 heavy (non-hydrogen) atoms. The maximum Gasteiger partial charge on any atom is 0.303 e. The van der Waals surface area contributed by atoms with Crippen molar-refractivity contribution in [1.29, 1.82) is 0 Å². The molecule has 3 rings (SSSR count). The molecular weight excluding hydrogens is 349 g/mol. The standard InChI is InChI=1S/C15H20FN5O3S/c1-3-19(2)25(23,24)18-15(22)11-10-17-21-9-6-12(13(16)14(11)21)20-7-4-5-8-20/h6,9-10H,3-5,7-8H2,1-2H3,(H,18,22). The lowest BCUT2D eigenvalue weighted by atomic mass is 10.2. The molecule has 0 bridgehead atoms. The van der Waals surface area contributed by atoms with Crippen molar-refractivity contribution in [2.24, 2.45) is 0 Å². The third-order valence-corrected chi connectivity index (χ3v) is 5.89. The summed E-state index contributed by atoms with van der Waals surface area (Å²) in [5.41, 5.74) is 0.246. The van der Waals surface area contributed by atoms with Gasteiger partial charge in [-0.2, -0.15) is 17.8 Å². The van der Waals surface area contributed by atoms with Gasteiger partial charge in [-0.1, -0.05) is 6.92 Å². The van der Waals surface area contributed by atoms with Crippen molar-refractivity contribution in [1.82, 2.24) is 18.6 Å². The number of pyridine rings is 1. The molecule has 0 unspecified atom stereocenters. The van der Waals surface area contributed by atoms with Gasteiger partial charge < -0.3 is 4.90 Å². The molecule has 10 heteroatoms. The summed E-state index contributed by atoms with van der Waals surface area (Å²) < 4.78 is 43.2. The van der Waals surface area contributed by atoms with E-state index < -0.39 is 21.9 Å². The summed E-state index contributed by atoms with van der Waals surface area (Å²) in [7, 11) is -2.63. The lowest BCUT2D eigenvalue weighted by Crippen LogP contribution is -2.41. The zero-order chi connectivity index (χ0) is 18.2. The highest BCUT2D eigenvalue weighted by Gasteiger charge is 2.26. The number of aromatic nitrogens is 2. The lowest BCUT2D eigenvalue weighted by molar-refractivity contribution is 0.0981. The van der Waals surface area contributed by atoms with Crippen molar-refractivity contribution in [3.05, 3.63) is 29.8 Å². The number of hydrogen-bond acceptors (Lipinski definition) is 5. The topological polar surface area (TPSA) is 87.0 Å². The molecule has 1 aliphatic rings. The first-order valence-electron chi connectivity index (χ1n) is 8.04. The maximum atomic E-state index is 15.0. The summed E-state index contributed by atoms with van der Waals surface area (Å²) in [6.45, 7) is 3.34. The van der Waals surface area contributed by atoms with E-state index in [0.717, 1.165) is 30.2 Å². The molecule has 1 amide bonds. The molecule has 0 radical (unpaired) electrons. The average Bonchev–Trinajstić information content (AvgIpc) is 3.23. The van der Waals surface area contributed by atoms with E-state index in [1.165, 1.54) is 17.8 Å². The molecule has 2 aromatic rings. The minimum Gasteiger partial charge on any atom is -0.369 e. The number of nitrogens with one attached hydrogen (secondary N) is 1. The Kier molecular flexibility index (Phi) is 4.65. The van der Waals surface area contributed by atoms with Crippen molar-refractivity contribution in [2.45, 2.75) is 19.8 Å². The summed E-state index contributed by atoms with van der Waals surface area (Å²) in [6.07, 6.45) is 4.70. The molecule has 1 aliphatic heterocycles. The SMILES string of the molecule is CCN(C)S(=O)(=O)NC(=O)c1cnn2ccc(N3CCCC3)c(F)c12. The van der Waals surface area contributed by atoms with Crippen molar-refractivity contribution in [3.63, 3.8) is 0 Å². The van der Waals surface area contributed by atoms with Crippen LogP contribution in [0.2, 0.25) is 0 Å². The Bertz CT molecular complexity index is 905. The highest BCUT2D eigenvalue weighted by Crippen LogP contribution is 2.28. The van der Waals surface area contributed by atoms with Gasteiger partial charge in [0, 0.05) is 32.9 Å². The van der Waals surface area contributed by atoms with E-state index in [0.29, 0.717) is 5.69 Å². The zero-order valence-corrected chi connectivity index (χ0v) is 14.9. The number of carbonyl (C=O) groups excluding carboxylic acids is 1. The van der Waals surface area contributed by atoms with Crippen LogP contribution in [0.25, 0.3) is 5.52 Å². The minimum atomic E-state index is -3.98. The number of hydrogen-bond donors (Lipinski definition) is 1. The molecule has 1 N–H and O–H groups in total. The fourth-order valence-electron chi connectivity index (χ4n) is 2.82. The molecule has 0 aromatic carbocycles. The molecule has 0 aliphatic carbocycles. The highest BCUT2D eigenvalue weighted by molar-refractivity contribution is 7.87. The Hall–Kier alpha value is -2.20. The number of nitrogens with zero attached hydrogens (tertiary/aromatic N) is 4. The molecule has 0 spiro atoms. The van der Waals surface area contributed by atoms with Crippen LogP contribution in [0.4, 0.5) is 10.1 Å². The Balaban J connectivity index is 1.99. The third-order valence-electron chi connectivity index (χ3n) is 4.37. The molecule has 0 saturated carbocycles. The second kappa shape index (κ2) is 6.60. The number of amides is 1. The van der Waals surface area contributed by atoms with Crippen LogP contribution < -0.4 is 9.62 Å². The molecular formula is C15H20FN5O3S. The predicted octanol–water partition coefficient (Wildman–Crippen LogP) is 1.000. The van der Waals surface area contributed by atoms with Gasteiger partial charge in [0.05, 0.1) is 17.4 Å². The number of rotatable bonds is 5. The van der Waals surface area contributed by atoms with Crippen LogP contribution in [-0.2, 0) is 10.2 Å². The van der Waals surface area contributed by atoms with Gasteiger partial charge in [0.25, 0.3) is 5.91 Å². The van der Waals surface area contributed by atoms with E-state index in [-0.39, 0.29) is 17.6 Å². The summed E-state index contributed by atoms with van der Waals surface area (Å²) in [6, 6.07) is 1.62. The number of anilines is 1. The second-order valence-corrected chi connectivity index (χ2v) is 7.69. The molecule has 8 nitrogen and oxygen atoms in total. The minimum absolute atomic E-state index is 0.0312. The van der Waals surface area contributed by atoms with Crippen molar-refractivity contribution in [3.8, 4) is 0 Å². The Morgan fingerprint density at radius 3 is 2.72 bits per heavy atom. The first-order valence-corrected chi connectivity index (χ1v) is 9.48. The molecule has 2 aromatic heterocycles. The van der Waals surface area contributed by atoms with Crippen molar-refractivity contribution < 1.29 is 17.6 Å². The predicted molar refractivity (Wildman–Crippen MR) is 91.3 cm³/mol. The van der Waals surface area contributed by atoms with Gasteiger partial charge in [0.1, 0.15) is 5.52 Å². The van der Waals surface area contributed by atoms with E-state index in [1.807, 2.05) is 9.62 Å². The van der Waals surface area contributed by atoms with Crippen LogP contribution in [-0.4, -0.2) is 54.9 Å². The Morgan fingerprint density at radius 2 is 2.08 bits per heavy atom. The van der Waals surface area contributed by atoms with Crippen molar-refractivity contribution in [2.75, 3.05) is 31.6 Å². The van der Waals surface area contributed by atoms with Crippen molar-refractivity contribution >= 4 is 27.3 Å². The van der Waals surface area contributed by atoms with E-state index in [4.69, 9.17) is 0 Å². The maximum absolute atomic E-state index is 15.0. The van der Waals surface area contributed by atoms with Gasteiger partial charge in [-0.15, -0.1) is 0 Å². The zero-order valence-electron chi connectivity index (χ0n) is 14.1. The van der Waals surface area contributed by atoms with Gasteiger partial charge in [0.15, 0.2) is 5.82 Å². The van der Waals surface area contributed by atoms with Crippen LogP contribution in [0.3, 0.4) is 0 Å². The monoisotopic (exact) mass is 369 g/mol. The number of carbonyl (C=O) groups is 1. The summed E-state index contributed by atoms with van der Waals surface area (Å²) in [5, 5.41) is 3.95. The van der Waals surface area contributed by atoms with Gasteiger partial charge in [0.2, 0.25) is 0 Å². The van der Waals surface area contributed by atoms with Gasteiger partial charge in [-0.3, -0.25) is 4.79 Å². The third kappa shape index (κ3) is 3.19. The van der Waals surface area contributed by atoms with Crippen LogP contribution in [0.15, 0.2) is 18.5 Å². The largest absolute Gasteiger partial charge is 0.369 e. The van der Waals surface area contributed by atoms with Gasteiger partial charge in [-0.05, 0) is 18.9 Å². The average molecular weight is 369 g/mol. The van der Waals surface area contributed by atoms with Crippen LogP contribution >= 0.6 is 0 Å². The number of halogens is 1. The van der Waals surface area contributed by atoms with E-state index in [2.05, 4.69) is 5.10 Å². The first-order chi connectivity index (χ1) is 11.8. The normalized spacial score (nSPS) is 15.3. The second-order valence-electron chi connectivity index (χ2n) is 5.91. The Morgan fingerprint density at radius 1 is 1.40 bits per heavy atom. The van der Waals surface area contributed by atoms with E-state index in [1.54, 1.807) is 19.2 Å². The molecule has 0 atom stereocenters. The summed E-state index contributed by atoms with van der Waals surface area (Å²) in [4.78, 5) is 14.3. The van der Waals surface area contributed by atoms with Crippen LogP contribution in [0, 0.1) is 5.82 Å². The Labute approximate surface area is 145 Å². The molecule has 136 valence electrons. The summed E-state index contributed by atoms with van der Waals surface area (Å²) >= 11 is 0. The van der Waals surface area contributed by atoms with Gasteiger partial charge >= 0.3 is 10.2 Å². The van der Waals surface area contributed by atoms with E-state index >= 15 is 0 Å². The first kappa shape index (κ1) is 17.6. The van der Waals surface area contributed by atoms with Gasteiger partial charge in [-0.25, -0.2) is 13.6 Å². The lowest BCUT2D eigenvalue weighted by Gasteiger charge is -2.19. The van der Waals surface area contributed by atoms with Crippen LogP contribution in [0.5, 0.6) is 0 Å².